The number of fused-ring (bicyclic) bond motifs is 1. The second kappa shape index (κ2) is 7.16. The van der Waals surface area contributed by atoms with Crippen LogP contribution in [0.4, 0.5) is 37.8 Å². The van der Waals surface area contributed by atoms with Gasteiger partial charge in [-0.25, -0.2) is 19.9 Å². The van der Waals surface area contributed by atoms with Crippen molar-refractivity contribution in [1.82, 2.24) is 24.3 Å². The lowest BCUT2D eigenvalue weighted by Crippen LogP contribution is -2.06. The Morgan fingerprint density at radius 3 is 2.33 bits per heavy atom. The first-order chi connectivity index (χ1) is 14.1. The molecule has 0 atom stereocenters. The predicted molar refractivity (Wildman–Crippen MR) is 96.0 cm³/mol. The maximum atomic E-state index is 13.1. The van der Waals surface area contributed by atoms with E-state index < -0.39 is 23.5 Å². The summed E-state index contributed by atoms with van der Waals surface area (Å²) in [4.78, 5) is 15.9. The molecule has 0 unspecified atom stereocenters. The summed E-state index contributed by atoms with van der Waals surface area (Å²) in [6.07, 6.45) is -5.97. The quantitative estimate of drug-likeness (QED) is 0.433. The van der Waals surface area contributed by atoms with E-state index in [0.29, 0.717) is 23.4 Å². The molecule has 4 aromatic heterocycles. The first-order valence-corrected chi connectivity index (χ1v) is 8.90. The molecule has 0 aromatic carbocycles. The minimum absolute atomic E-state index is 0.0329. The van der Waals surface area contributed by atoms with Crippen LogP contribution in [0.2, 0.25) is 0 Å². The van der Waals surface area contributed by atoms with Gasteiger partial charge in [-0.3, -0.25) is 0 Å². The topological polar surface area (TPSA) is 76.5 Å². The molecule has 4 rings (SSSR count). The average molecular weight is 442 g/mol. The number of nitrogens with one attached hydrogen (secondary N) is 1. The molecule has 0 bridgehead atoms. The summed E-state index contributed by atoms with van der Waals surface area (Å²) in [5, 5.41) is 3.68. The molecule has 30 heavy (non-hydrogen) atoms. The first kappa shape index (κ1) is 19.9. The van der Waals surface area contributed by atoms with Crippen LogP contribution in [0.3, 0.4) is 0 Å². The van der Waals surface area contributed by atoms with Crippen molar-refractivity contribution in [3.63, 3.8) is 0 Å². The second-order valence-electron chi connectivity index (χ2n) is 5.92. The van der Waals surface area contributed by atoms with Crippen LogP contribution in [0, 0.1) is 0 Å². The van der Waals surface area contributed by atoms with E-state index in [0.717, 1.165) is 23.7 Å². The van der Waals surface area contributed by atoms with Gasteiger partial charge in [0.1, 0.15) is 22.7 Å². The Morgan fingerprint density at radius 2 is 1.67 bits per heavy atom. The number of pyridine rings is 2. The van der Waals surface area contributed by atoms with Crippen molar-refractivity contribution in [2.45, 2.75) is 12.4 Å². The number of halogens is 6. The summed E-state index contributed by atoms with van der Waals surface area (Å²) in [5.74, 6) is 0.111. The summed E-state index contributed by atoms with van der Waals surface area (Å²) in [6, 6.07) is 3.49. The number of nitrogens with zero attached hydrogens (tertiary/aromatic N) is 5. The van der Waals surface area contributed by atoms with E-state index in [9.17, 15) is 26.3 Å². The Morgan fingerprint density at radius 1 is 0.867 bits per heavy atom. The van der Waals surface area contributed by atoms with Gasteiger partial charge in [-0.15, -0.1) is 0 Å². The largest absolute Gasteiger partial charge is 0.419 e. The number of hydrogen-bond acceptors (Lipinski definition) is 7. The van der Waals surface area contributed by atoms with E-state index in [2.05, 4.69) is 29.6 Å². The molecule has 154 valence electrons. The molecule has 0 aliphatic carbocycles. The van der Waals surface area contributed by atoms with Crippen molar-refractivity contribution in [1.29, 1.82) is 0 Å². The van der Waals surface area contributed by atoms with Gasteiger partial charge >= 0.3 is 12.4 Å². The maximum Gasteiger partial charge on any atom is 0.419 e. The number of alkyl halides is 6. The lowest BCUT2D eigenvalue weighted by atomic mass is 10.2. The van der Waals surface area contributed by atoms with Crippen LogP contribution >= 0.6 is 11.5 Å². The Labute approximate surface area is 167 Å². The standard InChI is InChI=1S/C17H8F6N6S/c18-16(19,20)8-1-2-12(25-5-8)27-10-3-4-24-15-14(10)26-6-11(28-15)13-9(7-30-29-13)17(21,22)23/h1-7H,(H,24,25,27,28). The molecular formula is C17H8F6N6S. The minimum atomic E-state index is -4.59. The summed E-state index contributed by atoms with van der Waals surface area (Å²) in [7, 11) is 0. The van der Waals surface area contributed by atoms with Crippen LogP contribution in [0.25, 0.3) is 22.6 Å². The van der Waals surface area contributed by atoms with E-state index >= 15 is 0 Å². The zero-order chi connectivity index (χ0) is 21.5. The maximum absolute atomic E-state index is 13.1. The van der Waals surface area contributed by atoms with Gasteiger partial charge in [0.15, 0.2) is 5.65 Å². The number of aromatic nitrogens is 5. The third kappa shape index (κ3) is 3.87. The SMILES string of the molecule is FC(F)(F)c1ccc(Nc2ccnc3nc(-c4nscc4C(F)(F)F)cnc23)nc1. The Kier molecular flexibility index (Phi) is 4.76. The van der Waals surface area contributed by atoms with Crippen LogP contribution in [0.5, 0.6) is 0 Å². The molecule has 1 N–H and O–H groups in total. The van der Waals surface area contributed by atoms with Gasteiger partial charge in [0, 0.05) is 17.8 Å². The lowest BCUT2D eigenvalue weighted by molar-refractivity contribution is -0.138. The van der Waals surface area contributed by atoms with Crippen molar-refractivity contribution < 1.29 is 26.3 Å². The van der Waals surface area contributed by atoms with Gasteiger partial charge in [-0.05, 0) is 29.7 Å². The predicted octanol–water partition coefficient (Wildman–Crippen LogP) is 5.32. The molecule has 0 aliphatic heterocycles. The molecule has 0 amide bonds. The number of rotatable bonds is 3. The van der Waals surface area contributed by atoms with Gasteiger partial charge in [0.05, 0.1) is 23.0 Å². The molecule has 13 heteroatoms. The Bertz CT molecular complexity index is 1200. The van der Waals surface area contributed by atoms with Crippen LogP contribution < -0.4 is 5.32 Å². The van der Waals surface area contributed by atoms with Gasteiger partial charge < -0.3 is 5.32 Å². The zero-order valence-electron chi connectivity index (χ0n) is 14.5. The number of hydrogen-bond donors (Lipinski definition) is 1. The molecule has 0 saturated heterocycles. The van der Waals surface area contributed by atoms with Gasteiger partial charge in [-0.1, -0.05) is 0 Å². The fourth-order valence-corrected chi connectivity index (χ4v) is 3.23. The van der Waals surface area contributed by atoms with E-state index in [1.54, 1.807) is 0 Å². The molecule has 0 spiro atoms. The van der Waals surface area contributed by atoms with Crippen LogP contribution in [0.15, 0.2) is 42.2 Å². The van der Waals surface area contributed by atoms with Crippen LogP contribution in [-0.4, -0.2) is 24.3 Å². The van der Waals surface area contributed by atoms with Gasteiger partial charge in [-0.2, -0.15) is 30.7 Å². The minimum Gasteiger partial charge on any atom is -0.338 e. The molecule has 0 aliphatic rings. The zero-order valence-corrected chi connectivity index (χ0v) is 15.3. The van der Waals surface area contributed by atoms with Crippen LogP contribution in [0.1, 0.15) is 11.1 Å². The fraction of sp³-hybridized carbons (Fsp3) is 0.118. The van der Waals surface area contributed by atoms with E-state index in [-0.39, 0.29) is 28.4 Å². The Balaban J connectivity index is 1.68. The van der Waals surface area contributed by atoms with Crippen molar-refractivity contribution in [3.05, 3.63) is 53.3 Å². The second-order valence-corrected chi connectivity index (χ2v) is 6.54. The van der Waals surface area contributed by atoms with Crippen molar-refractivity contribution in [3.8, 4) is 11.4 Å². The van der Waals surface area contributed by atoms with Crippen LogP contribution in [-0.2, 0) is 12.4 Å². The van der Waals surface area contributed by atoms with Gasteiger partial charge in [0.25, 0.3) is 0 Å². The normalized spacial score (nSPS) is 12.3. The van der Waals surface area contributed by atoms with E-state index in [1.807, 2.05) is 0 Å². The Hall–Kier alpha value is -3.35. The molecule has 4 aromatic rings. The summed E-state index contributed by atoms with van der Waals surface area (Å²) >= 11 is 0.642. The molecule has 0 saturated carbocycles. The lowest BCUT2D eigenvalue weighted by Gasteiger charge is -2.10. The van der Waals surface area contributed by atoms with Crippen molar-refractivity contribution >= 4 is 34.2 Å². The molecular weight excluding hydrogens is 434 g/mol. The first-order valence-electron chi connectivity index (χ1n) is 8.07. The highest BCUT2D eigenvalue weighted by molar-refractivity contribution is 7.04. The molecule has 6 nitrogen and oxygen atoms in total. The molecule has 0 radical (unpaired) electrons. The average Bonchev–Trinajstić information content (AvgIpc) is 3.18. The third-order valence-corrected chi connectivity index (χ3v) is 4.55. The highest BCUT2D eigenvalue weighted by Gasteiger charge is 2.36. The highest BCUT2D eigenvalue weighted by Crippen LogP contribution is 2.37. The fourth-order valence-electron chi connectivity index (χ4n) is 2.53. The third-order valence-electron chi connectivity index (χ3n) is 3.92. The number of anilines is 2. The summed E-state index contributed by atoms with van der Waals surface area (Å²) in [5.41, 5.74) is -1.73. The molecule has 4 heterocycles. The monoisotopic (exact) mass is 442 g/mol. The van der Waals surface area contributed by atoms with Gasteiger partial charge in [0.2, 0.25) is 0 Å². The molecule has 0 fully saturated rings. The van der Waals surface area contributed by atoms with E-state index in [1.165, 1.54) is 12.3 Å². The van der Waals surface area contributed by atoms with E-state index in [4.69, 9.17) is 0 Å². The summed E-state index contributed by atoms with van der Waals surface area (Å²) < 4.78 is 81.0. The highest BCUT2D eigenvalue weighted by atomic mass is 32.1. The van der Waals surface area contributed by atoms with Crippen molar-refractivity contribution in [2.75, 3.05) is 5.32 Å². The summed E-state index contributed by atoms with van der Waals surface area (Å²) in [6.45, 7) is 0. The van der Waals surface area contributed by atoms with Crippen molar-refractivity contribution in [2.24, 2.45) is 0 Å². The smallest absolute Gasteiger partial charge is 0.338 e.